The minimum atomic E-state index is -1.22. The van der Waals surface area contributed by atoms with E-state index in [9.17, 15) is 14.4 Å². The number of ether oxygens (including phenoxy) is 1. The van der Waals surface area contributed by atoms with E-state index in [1.165, 1.54) is 17.9 Å². The molecule has 1 saturated heterocycles. The Kier molecular flexibility index (Phi) is 3.63. The van der Waals surface area contributed by atoms with Crippen molar-refractivity contribution in [3.05, 3.63) is 33.7 Å². The van der Waals surface area contributed by atoms with E-state index in [0.717, 1.165) is 0 Å². The van der Waals surface area contributed by atoms with E-state index >= 15 is 0 Å². The number of amides is 2. The molecule has 7 nitrogen and oxygen atoms in total. The number of carbonyl (C=O) groups is 2. The van der Waals surface area contributed by atoms with Gasteiger partial charge in [-0.1, -0.05) is 0 Å². The molecule has 108 valence electrons. The summed E-state index contributed by atoms with van der Waals surface area (Å²) < 4.78 is 5.34. The first-order chi connectivity index (χ1) is 9.33. The van der Waals surface area contributed by atoms with Crippen molar-refractivity contribution in [2.75, 3.05) is 19.7 Å². The first kappa shape index (κ1) is 14.3. The lowest BCUT2D eigenvalue weighted by atomic mass is 10.0. The molecule has 0 saturated carbocycles. The van der Waals surface area contributed by atoms with Gasteiger partial charge in [0.15, 0.2) is 5.60 Å². The van der Waals surface area contributed by atoms with Crippen molar-refractivity contribution in [1.82, 2.24) is 9.88 Å². The summed E-state index contributed by atoms with van der Waals surface area (Å²) in [5.41, 5.74) is 4.35. The van der Waals surface area contributed by atoms with Crippen LogP contribution in [0.5, 0.6) is 0 Å². The highest BCUT2D eigenvalue weighted by atomic mass is 16.5. The summed E-state index contributed by atoms with van der Waals surface area (Å²) in [7, 11) is 0. The van der Waals surface area contributed by atoms with Crippen molar-refractivity contribution < 1.29 is 14.3 Å². The normalized spacial score (nSPS) is 22.6. The van der Waals surface area contributed by atoms with Crippen molar-refractivity contribution in [1.29, 1.82) is 0 Å². The minimum Gasteiger partial charge on any atom is -0.367 e. The lowest BCUT2D eigenvalue weighted by Gasteiger charge is -2.38. The molecule has 0 spiro atoms. The maximum Gasteiger partial charge on any atom is 0.260 e. The lowest BCUT2D eigenvalue weighted by molar-refractivity contribution is -0.150. The molecule has 7 heteroatoms. The summed E-state index contributed by atoms with van der Waals surface area (Å²) in [5.74, 6) is -1.06. The predicted octanol–water partition coefficient (Wildman–Crippen LogP) is -0.600. The highest BCUT2D eigenvalue weighted by Crippen LogP contribution is 2.18. The first-order valence-electron chi connectivity index (χ1n) is 6.26. The standard InChI is InChI=1S/C13H17N3O4/c1-8-3-4-9(10(17)15-8)11(18)16-5-6-20-13(2,7-16)12(14)19/h3-4H,5-7H2,1-2H3,(H2,14,19)(H,15,17)/t13-/m0/s1. The van der Waals surface area contributed by atoms with Crippen LogP contribution in [0.4, 0.5) is 0 Å². The Bertz CT molecular complexity index is 610. The fourth-order valence-electron chi connectivity index (χ4n) is 2.10. The third kappa shape index (κ3) is 2.57. The molecule has 2 rings (SSSR count). The summed E-state index contributed by atoms with van der Waals surface area (Å²) in [6.45, 7) is 3.82. The van der Waals surface area contributed by atoms with Gasteiger partial charge in [0.1, 0.15) is 5.56 Å². The van der Waals surface area contributed by atoms with Gasteiger partial charge in [-0.05, 0) is 26.0 Å². The van der Waals surface area contributed by atoms with Gasteiger partial charge in [0.2, 0.25) is 0 Å². The smallest absolute Gasteiger partial charge is 0.260 e. The molecule has 0 aliphatic carbocycles. The van der Waals surface area contributed by atoms with Gasteiger partial charge in [-0.3, -0.25) is 14.4 Å². The van der Waals surface area contributed by atoms with Crippen LogP contribution in [0.1, 0.15) is 23.0 Å². The Hall–Kier alpha value is -2.15. The van der Waals surface area contributed by atoms with Crippen LogP contribution in [0.3, 0.4) is 0 Å². The number of aromatic amines is 1. The number of carbonyl (C=O) groups excluding carboxylic acids is 2. The second kappa shape index (κ2) is 5.09. The molecule has 1 aliphatic heterocycles. The number of hydrogen-bond acceptors (Lipinski definition) is 4. The van der Waals surface area contributed by atoms with Crippen molar-refractivity contribution in [2.45, 2.75) is 19.4 Å². The summed E-state index contributed by atoms with van der Waals surface area (Å²) in [5, 5.41) is 0. The number of rotatable bonds is 2. The SMILES string of the molecule is Cc1ccc(C(=O)N2CCO[C@](C)(C(N)=O)C2)c(=O)[nH]1. The second-order valence-corrected chi connectivity index (χ2v) is 5.05. The quantitative estimate of drug-likeness (QED) is 0.754. The summed E-state index contributed by atoms with van der Waals surface area (Å²) >= 11 is 0. The van der Waals surface area contributed by atoms with Crippen LogP contribution >= 0.6 is 0 Å². The molecule has 1 aromatic heterocycles. The van der Waals surface area contributed by atoms with Gasteiger partial charge in [-0.2, -0.15) is 0 Å². The summed E-state index contributed by atoms with van der Waals surface area (Å²) in [6.07, 6.45) is 0. The predicted molar refractivity (Wildman–Crippen MR) is 71.3 cm³/mol. The van der Waals surface area contributed by atoms with Crippen molar-refractivity contribution in [2.24, 2.45) is 5.73 Å². The van der Waals surface area contributed by atoms with Gasteiger partial charge in [0, 0.05) is 12.2 Å². The fraction of sp³-hybridized carbons (Fsp3) is 0.462. The van der Waals surface area contributed by atoms with E-state index in [1.54, 1.807) is 13.0 Å². The largest absolute Gasteiger partial charge is 0.367 e. The summed E-state index contributed by atoms with van der Waals surface area (Å²) in [4.78, 5) is 39.5. The monoisotopic (exact) mass is 279 g/mol. The van der Waals surface area contributed by atoms with Gasteiger partial charge in [-0.25, -0.2) is 0 Å². The van der Waals surface area contributed by atoms with E-state index in [0.29, 0.717) is 12.2 Å². The van der Waals surface area contributed by atoms with Crippen LogP contribution in [-0.2, 0) is 9.53 Å². The van der Waals surface area contributed by atoms with Gasteiger partial charge in [0.25, 0.3) is 17.4 Å². The molecule has 0 radical (unpaired) electrons. The van der Waals surface area contributed by atoms with Crippen LogP contribution in [-0.4, -0.2) is 47.0 Å². The minimum absolute atomic E-state index is 0.0362. The van der Waals surface area contributed by atoms with E-state index in [-0.39, 0.29) is 18.7 Å². The van der Waals surface area contributed by atoms with E-state index < -0.39 is 23.0 Å². The third-order valence-corrected chi connectivity index (χ3v) is 3.37. The zero-order chi connectivity index (χ0) is 14.9. The third-order valence-electron chi connectivity index (χ3n) is 3.37. The molecule has 0 aromatic carbocycles. The van der Waals surface area contributed by atoms with E-state index in [1.807, 2.05) is 0 Å². The number of hydrogen-bond donors (Lipinski definition) is 2. The molecule has 0 bridgehead atoms. The maximum absolute atomic E-state index is 12.3. The van der Waals surface area contributed by atoms with Gasteiger partial charge < -0.3 is 20.4 Å². The van der Waals surface area contributed by atoms with Crippen LogP contribution in [0.15, 0.2) is 16.9 Å². The average Bonchev–Trinajstić information content (AvgIpc) is 2.38. The zero-order valence-corrected chi connectivity index (χ0v) is 11.4. The summed E-state index contributed by atoms with van der Waals surface area (Å²) in [6, 6.07) is 3.13. The molecule has 3 N–H and O–H groups in total. The van der Waals surface area contributed by atoms with E-state index in [4.69, 9.17) is 10.5 Å². The number of aryl methyl sites for hydroxylation is 1. The number of aromatic nitrogens is 1. The van der Waals surface area contributed by atoms with E-state index in [2.05, 4.69) is 4.98 Å². The molecular formula is C13H17N3O4. The molecule has 1 atom stereocenters. The number of H-pyrrole nitrogens is 1. The maximum atomic E-state index is 12.3. The van der Waals surface area contributed by atoms with Crippen LogP contribution in [0, 0.1) is 6.92 Å². The van der Waals surface area contributed by atoms with Gasteiger partial charge >= 0.3 is 0 Å². The van der Waals surface area contributed by atoms with Gasteiger partial charge in [-0.15, -0.1) is 0 Å². The van der Waals surface area contributed by atoms with Crippen molar-refractivity contribution >= 4 is 11.8 Å². The fourth-order valence-corrected chi connectivity index (χ4v) is 2.10. The average molecular weight is 279 g/mol. The molecule has 1 aliphatic rings. The van der Waals surface area contributed by atoms with Crippen LogP contribution in [0.25, 0.3) is 0 Å². The van der Waals surface area contributed by atoms with Crippen molar-refractivity contribution in [3.63, 3.8) is 0 Å². The molecular weight excluding hydrogens is 262 g/mol. The Morgan fingerprint density at radius 3 is 2.75 bits per heavy atom. The molecule has 1 aromatic rings. The van der Waals surface area contributed by atoms with Crippen LogP contribution in [0.2, 0.25) is 0 Å². The molecule has 1 fully saturated rings. The molecule has 20 heavy (non-hydrogen) atoms. The highest BCUT2D eigenvalue weighted by molar-refractivity contribution is 5.94. The lowest BCUT2D eigenvalue weighted by Crippen LogP contribution is -2.58. The Morgan fingerprint density at radius 2 is 2.15 bits per heavy atom. The topological polar surface area (TPSA) is 105 Å². The number of morpholine rings is 1. The number of nitrogens with zero attached hydrogens (tertiary/aromatic N) is 1. The first-order valence-corrected chi connectivity index (χ1v) is 6.26. The zero-order valence-electron chi connectivity index (χ0n) is 11.4. The Labute approximate surface area is 115 Å². The number of pyridine rings is 1. The number of primary amides is 1. The molecule has 2 heterocycles. The molecule has 0 unspecified atom stereocenters. The highest BCUT2D eigenvalue weighted by Gasteiger charge is 2.39. The Balaban J connectivity index is 2.25. The number of nitrogens with one attached hydrogen (secondary N) is 1. The van der Waals surface area contributed by atoms with Crippen LogP contribution < -0.4 is 11.3 Å². The van der Waals surface area contributed by atoms with Gasteiger partial charge in [0.05, 0.1) is 13.2 Å². The molecule has 2 amide bonds. The number of nitrogens with two attached hydrogens (primary N) is 1. The Morgan fingerprint density at radius 1 is 1.45 bits per heavy atom. The second-order valence-electron chi connectivity index (χ2n) is 5.05. The van der Waals surface area contributed by atoms with Crippen molar-refractivity contribution in [3.8, 4) is 0 Å².